The van der Waals surface area contributed by atoms with Gasteiger partial charge in [0.05, 0.1) is 0 Å². The molecule has 1 heterocycles. The molecular formula is C11H15FN2. The molecule has 2 N–H and O–H groups in total. The van der Waals surface area contributed by atoms with Crippen LogP contribution in [0, 0.1) is 5.82 Å². The van der Waals surface area contributed by atoms with Crippen molar-refractivity contribution < 1.29 is 4.39 Å². The lowest BCUT2D eigenvalue weighted by molar-refractivity contribution is 0.550. The first-order valence-electron chi connectivity index (χ1n) is 5.06. The summed E-state index contributed by atoms with van der Waals surface area (Å²) in [7, 11) is 0. The van der Waals surface area contributed by atoms with Gasteiger partial charge in [-0.15, -0.1) is 0 Å². The van der Waals surface area contributed by atoms with E-state index >= 15 is 0 Å². The van der Waals surface area contributed by atoms with Gasteiger partial charge in [0.2, 0.25) is 0 Å². The molecule has 14 heavy (non-hydrogen) atoms. The minimum absolute atomic E-state index is 0.171. The Balaban J connectivity index is 2.08. The first-order chi connectivity index (χ1) is 6.86. The van der Waals surface area contributed by atoms with Crippen LogP contribution in [0.5, 0.6) is 0 Å². The molecule has 1 aromatic carbocycles. The summed E-state index contributed by atoms with van der Waals surface area (Å²) in [5, 5.41) is 6.79. The van der Waals surface area contributed by atoms with E-state index in [1.807, 2.05) is 12.1 Å². The van der Waals surface area contributed by atoms with Crippen molar-refractivity contribution in [2.45, 2.75) is 12.5 Å². The predicted octanol–water partition coefficient (Wildman–Crippen LogP) is 1.45. The number of benzene rings is 1. The number of nitrogens with one attached hydrogen (secondary N) is 2. The van der Waals surface area contributed by atoms with Gasteiger partial charge < -0.3 is 10.6 Å². The van der Waals surface area contributed by atoms with Gasteiger partial charge in [-0.2, -0.15) is 0 Å². The van der Waals surface area contributed by atoms with Gasteiger partial charge in [0, 0.05) is 12.6 Å². The van der Waals surface area contributed by atoms with Crippen molar-refractivity contribution in [3.63, 3.8) is 0 Å². The van der Waals surface area contributed by atoms with Crippen LogP contribution in [0.2, 0.25) is 0 Å². The molecule has 0 spiro atoms. The fourth-order valence-corrected chi connectivity index (χ4v) is 1.74. The van der Waals surface area contributed by atoms with E-state index in [9.17, 15) is 4.39 Å². The molecule has 0 aliphatic carbocycles. The summed E-state index contributed by atoms with van der Waals surface area (Å²) in [5.74, 6) is -0.171. The van der Waals surface area contributed by atoms with Gasteiger partial charge in [-0.3, -0.25) is 0 Å². The third kappa shape index (κ3) is 2.30. The Morgan fingerprint density at radius 3 is 2.71 bits per heavy atom. The molecule has 0 aromatic heterocycles. The monoisotopic (exact) mass is 194 g/mol. The second-order valence-corrected chi connectivity index (χ2v) is 3.62. The summed E-state index contributed by atoms with van der Waals surface area (Å²) in [6.45, 7) is 3.01. The highest BCUT2D eigenvalue weighted by Crippen LogP contribution is 2.13. The van der Waals surface area contributed by atoms with Crippen molar-refractivity contribution in [2.75, 3.05) is 19.6 Å². The van der Waals surface area contributed by atoms with E-state index in [-0.39, 0.29) is 5.82 Å². The van der Waals surface area contributed by atoms with Crippen LogP contribution >= 0.6 is 0 Å². The van der Waals surface area contributed by atoms with E-state index in [1.54, 1.807) is 0 Å². The average molecular weight is 194 g/mol. The van der Waals surface area contributed by atoms with Gasteiger partial charge in [0.15, 0.2) is 0 Å². The molecule has 1 aliphatic rings. The van der Waals surface area contributed by atoms with Crippen molar-refractivity contribution in [1.29, 1.82) is 0 Å². The molecule has 2 nitrogen and oxygen atoms in total. The van der Waals surface area contributed by atoms with Crippen LogP contribution in [-0.4, -0.2) is 19.6 Å². The molecule has 1 saturated heterocycles. The third-order valence-corrected chi connectivity index (χ3v) is 2.54. The van der Waals surface area contributed by atoms with Crippen molar-refractivity contribution in [1.82, 2.24) is 10.6 Å². The molecule has 0 radical (unpaired) electrons. The van der Waals surface area contributed by atoms with Crippen LogP contribution in [-0.2, 0) is 0 Å². The second kappa shape index (κ2) is 4.53. The fourth-order valence-electron chi connectivity index (χ4n) is 1.74. The van der Waals surface area contributed by atoms with Gasteiger partial charge in [0.1, 0.15) is 5.82 Å². The van der Waals surface area contributed by atoms with E-state index < -0.39 is 0 Å². The van der Waals surface area contributed by atoms with Gasteiger partial charge in [-0.25, -0.2) is 4.39 Å². The maximum atomic E-state index is 12.7. The normalized spacial score (nSPS) is 23.1. The molecule has 0 saturated carbocycles. The lowest BCUT2D eigenvalue weighted by Gasteiger charge is -2.15. The molecule has 1 aromatic rings. The SMILES string of the molecule is Fc1ccc(C2CNCCCN2)cc1. The van der Waals surface area contributed by atoms with E-state index in [4.69, 9.17) is 0 Å². The zero-order chi connectivity index (χ0) is 9.80. The van der Waals surface area contributed by atoms with E-state index in [0.717, 1.165) is 31.6 Å². The summed E-state index contributed by atoms with van der Waals surface area (Å²) in [4.78, 5) is 0. The van der Waals surface area contributed by atoms with Crippen LogP contribution in [0.25, 0.3) is 0 Å². The topological polar surface area (TPSA) is 24.1 Å². The van der Waals surface area contributed by atoms with E-state index in [1.165, 1.54) is 12.1 Å². The molecule has 0 bridgehead atoms. The Labute approximate surface area is 83.5 Å². The maximum absolute atomic E-state index is 12.7. The van der Waals surface area contributed by atoms with Crippen molar-refractivity contribution in [3.05, 3.63) is 35.6 Å². The van der Waals surface area contributed by atoms with Gasteiger partial charge in [-0.05, 0) is 37.2 Å². The molecule has 0 amide bonds. The average Bonchev–Trinajstić information content (AvgIpc) is 2.47. The highest BCUT2D eigenvalue weighted by molar-refractivity contribution is 5.20. The van der Waals surface area contributed by atoms with Gasteiger partial charge >= 0.3 is 0 Å². The van der Waals surface area contributed by atoms with Crippen LogP contribution in [0.4, 0.5) is 4.39 Å². The Morgan fingerprint density at radius 1 is 1.14 bits per heavy atom. The Morgan fingerprint density at radius 2 is 1.93 bits per heavy atom. The summed E-state index contributed by atoms with van der Waals surface area (Å²) < 4.78 is 12.7. The minimum atomic E-state index is -0.171. The number of halogens is 1. The molecule has 2 rings (SSSR count). The third-order valence-electron chi connectivity index (χ3n) is 2.54. The second-order valence-electron chi connectivity index (χ2n) is 3.62. The Kier molecular flexibility index (Phi) is 3.11. The molecule has 1 aliphatic heterocycles. The van der Waals surface area contributed by atoms with Crippen molar-refractivity contribution >= 4 is 0 Å². The quantitative estimate of drug-likeness (QED) is 0.707. The Bertz CT molecular complexity index is 276. The summed E-state index contributed by atoms with van der Waals surface area (Å²) in [6.07, 6.45) is 1.15. The number of hydrogen-bond donors (Lipinski definition) is 2. The highest BCUT2D eigenvalue weighted by atomic mass is 19.1. The van der Waals surface area contributed by atoms with E-state index in [2.05, 4.69) is 10.6 Å². The van der Waals surface area contributed by atoms with Gasteiger partial charge in [-0.1, -0.05) is 12.1 Å². The van der Waals surface area contributed by atoms with Crippen molar-refractivity contribution in [2.24, 2.45) is 0 Å². The molecule has 1 fully saturated rings. The summed E-state index contributed by atoms with van der Waals surface area (Å²) >= 11 is 0. The zero-order valence-corrected chi connectivity index (χ0v) is 8.09. The number of hydrogen-bond acceptors (Lipinski definition) is 2. The number of rotatable bonds is 1. The largest absolute Gasteiger partial charge is 0.315 e. The van der Waals surface area contributed by atoms with Gasteiger partial charge in [0.25, 0.3) is 0 Å². The van der Waals surface area contributed by atoms with Crippen molar-refractivity contribution in [3.8, 4) is 0 Å². The van der Waals surface area contributed by atoms with Crippen LogP contribution in [0.15, 0.2) is 24.3 Å². The lowest BCUT2D eigenvalue weighted by atomic mass is 10.1. The predicted molar refractivity (Wildman–Crippen MR) is 54.6 cm³/mol. The molecule has 76 valence electrons. The first kappa shape index (κ1) is 9.62. The molecule has 3 heteroatoms. The molecule has 1 unspecified atom stereocenters. The summed E-state index contributed by atoms with van der Waals surface area (Å²) in [6, 6.07) is 7.04. The smallest absolute Gasteiger partial charge is 0.123 e. The standard InChI is InChI=1S/C11H15FN2/c12-10-4-2-9(3-5-10)11-8-13-6-1-7-14-11/h2-5,11,13-14H,1,6-8H2. The fraction of sp³-hybridized carbons (Fsp3) is 0.455. The first-order valence-corrected chi connectivity index (χ1v) is 5.06. The Hall–Kier alpha value is -0.930. The van der Waals surface area contributed by atoms with Crippen LogP contribution in [0.1, 0.15) is 18.0 Å². The summed E-state index contributed by atoms with van der Waals surface area (Å²) in [5.41, 5.74) is 1.15. The molecule has 1 atom stereocenters. The highest BCUT2D eigenvalue weighted by Gasteiger charge is 2.12. The van der Waals surface area contributed by atoms with E-state index in [0.29, 0.717) is 6.04 Å². The zero-order valence-electron chi connectivity index (χ0n) is 8.09. The van der Waals surface area contributed by atoms with Crippen LogP contribution < -0.4 is 10.6 Å². The lowest BCUT2D eigenvalue weighted by Crippen LogP contribution is -2.27. The maximum Gasteiger partial charge on any atom is 0.123 e. The minimum Gasteiger partial charge on any atom is -0.315 e. The molecular weight excluding hydrogens is 179 g/mol. The van der Waals surface area contributed by atoms with Crippen LogP contribution in [0.3, 0.4) is 0 Å².